The summed E-state index contributed by atoms with van der Waals surface area (Å²) in [7, 11) is 1.78. The van der Waals surface area contributed by atoms with E-state index in [1.165, 1.54) is 5.56 Å². The van der Waals surface area contributed by atoms with E-state index >= 15 is 0 Å². The van der Waals surface area contributed by atoms with Crippen molar-refractivity contribution in [3.8, 4) is 0 Å². The number of nitrogens with zero attached hydrogens (tertiary/aromatic N) is 2. The molecular weight excluding hydrogens is 236 g/mol. The molecule has 0 aliphatic carbocycles. The summed E-state index contributed by atoms with van der Waals surface area (Å²) >= 11 is 0. The Morgan fingerprint density at radius 1 is 1.21 bits per heavy atom. The van der Waals surface area contributed by atoms with Crippen LogP contribution in [0.5, 0.6) is 0 Å². The van der Waals surface area contributed by atoms with Crippen LogP contribution in [-0.4, -0.2) is 17.9 Å². The van der Waals surface area contributed by atoms with Crippen molar-refractivity contribution < 1.29 is 4.79 Å². The summed E-state index contributed by atoms with van der Waals surface area (Å²) in [6, 6.07) is 11.5. The highest BCUT2D eigenvalue weighted by Crippen LogP contribution is 2.15. The zero-order chi connectivity index (χ0) is 13.7. The molecular formula is C16H18N2O. The molecule has 0 unspecified atom stereocenters. The number of aromatic nitrogens is 1. The van der Waals surface area contributed by atoms with Crippen molar-refractivity contribution in [3.05, 3.63) is 59.9 Å². The number of hydrogen-bond acceptors (Lipinski definition) is 2. The molecule has 0 atom stereocenters. The molecule has 1 aromatic heterocycles. The number of hydrogen-bond donors (Lipinski definition) is 0. The topological polar surface area (TPSA) is 33.2 Å². The first-order valence-corrected chi connectivity index (χ1v) is 6.49. The van der Waals surface area contributed by atoms with Gasteiger partial charge in [-0.2, -0.15) is 0 Å². The van der Waals surface area contributed by atoms with Gasteiger partial charge in [0.15, 0.2) is 0 Å². The van der Waals surface area contributed by atoms with Crippen molar-refractivity contribution >= 4 is 11.6 Å². The summed E-state index contributed by atoms with van der Waals surface area (Å²) in [5, 5.41) is 0. The molecule has 2 aromatic rings. The minimum atomic E-state index is 0.00385. The number of rotatable bonds is 4. The summed E-state index contributed by atoms with van der Waals surface area (Å²) in [5.41, 5.74) is 2.78. The number of aryl methyl sites for hydroxylation is 1. The van der Waals surface area contributed by atoms with E-state index in [1.54, 1.807) is 24.3 Å². The van der Waals surface area contributed by atoms with Crippen molar-refractivity contribution in [1.82, 2.24) is 4.98 Å². The quantitative estimate of drug-likeness (QED) is 0.838. The lowest BCUT2D eigenvalue weighted by Gasteiger charge is -2.17. The second-order valence-corrected chi connectivity index (χ2v) is 4.52. The van der Waals surface area contributed by atoms with Gasteiger partial charge in [0.05, 0.1) is 0 Å². The zero-order valence-electron chi connectivity index (χ0n) is 11.3. The molecule has 19 heavy (non-hydrogen) atoms. The van der Waals surface area contributed by atoms with Gasteiger partial charge in [0, 0.05) is 30.7 Å². The SMILES string of the molecule is CCCc1cccc(C(=O)N(C)c2ccncc2)c1. The molecule has 0 N–H and O–H groups in total. The van der Waals surface area contributed by atoms with Gasteiger partial charge in [-0.1, -0.05) is 25.5 Å². The van der Waals surface area contributed by atoms with E-state index in [1.807, 2.05) is 30.3 Å². The fraction of sp³-hybridized carbons (Fsp3) is 0.250. The number of anilines is 1. The van der Waals surface area contributed by atoms with Gasteiger partial charge in [-0.3, -0.25) is 9.78 Å². The number of benzene rings is 1. The molecule has 3 heteroatoms. The molecule has 0 saturated heterocycles. The lowest BCUT2D eigenvalue weighted by atomic mass is 10.1. The second-order valence-electron chi connectivity index (χ2n) is 4.52. The minimum Gasteiger partial charge on any atom is -0.311 e. The van der Waals surface area contributed by atoms with Crippen LogP contribution in [0.2, 0.25) is 0 Å². The van der Waals surface area contributed by atoms with Gasteiger partial charge in [0.1, 0.15) is 0 Å². The molecule has 1 heterocycles. The fourth-order valence-corrected chi connectivity index (χ4v) is 2.03. The van der Waals surface area contributed by atoms with Crippen LogP contribution in [-0.2, 0) is 6.42 Å². The van der Waals surface area contributed by atoms with Crippen LogP contribution in [0.15, 0.2) is 48.8 Å². The van der Waals surface area contributed by atoms with E-state index in [-0.39, 0.29) is 5.91 Å². The third-order valence-electron chi connectivity index (χ3n) is 3.07. The Balaban J connectivity index is 2.22. The van der Waals surface area contributed by atoms with Gasteiger partial charge in [-0.25, -0.2) is 0 Å². The van der Waals surface area contributed by atoms with Crippen LogP contribution < -0.4 is 4.90 Å². The number of carbonyl (C=O) groups excluding carboxylic acids is 1. The normalized spacial score (nSPS) is 10.2. The molecule has 1 amide bonds. The van der Waals surface area contributed by atoms with Crippen LogP contribution in [0.25, 0.3) is 0 Å². The standard InChI is InChI=1S/C16H18N2O/c1-3-5-13-6-4-7-14(12-13)16(19)18(2)15-8-10-17-11-9-15/h4,6-12H,3,5H2,1-2H3. The van der Waals surface area contributed by atoms with Crippen LogP contribution in [0.3, 0.4) is 0 Å². The third kappa shape index (κ3) is 3.19. The van der Waals surface area contributed by atoms with Gasteiger partial charge < -0.3 is 4.90 Å². The molecule has 0 aliphatic rings. The smallest absolute Gasteiger partial charge is 0.258 e. The fourth-order valence-electron chi connectivity index (χ4n) is 2.03. The Morgan fingerprint density at radius 2 is 1.95 bits per heavy atom. The Hall–Kier alpha value is -2.16. The highest BCUT2D eigenvalue weighted by Gasteiger charge is 2.13. The van der Waals surface area contributed by atoms with Crippen molar-refractivity contribution in [2.24, 2.45) is 0 Å². The first kappa shape index (κ1) is 13.3. The number of pyridine rings is 1. The van der Waals surface area contributed by atoms with E-state index in [4.69, 9.17) is 0 Å². The van der Waals surface area contributed by atoms with E-state index in [0.29, 0.717) is 0 Å². The van der Waals surface area contributed by atoms with Crippen molar-refractivity contribution in [2.45, 2.75) is 19.8 Å². The maximum Gasteiger partial charge on any atom is 0.258 e. The molecule has 3 nitrogen and oxygen atoms in total. The molecule has 0 bridgehead atoms. The van der Waals surface area contributed by atoms with Gasteiger partial charge in [0.2, 0.25) is 0 Å². The lowest BCUT2D eigenvalue weighted by molar-refractivity contribution is 0.0993. The predicted molar refractivity (Wildman–Crippen MR) is 77.4 cm³/mol. The maximum absolute atomic E-state index is 12.4. The van der Waals surface area contributed by atoms with E-state index in [2.05, 4.69) is 18.0 Å². The highest BCUT2D eigenvalue weighted by atomic mass is 16.2. The summed E-state index contributed by atoms with van der Waals surface area (Å²) in [5.74, 6) is 0.00385. The lowest BCUT2D eigenvalue weighted by Crippen LogP contribution is -2.26. The molecule has 0 saturated carbocycles. The average molecular weight is 254 g/mol. The third-order valence-corrected chi connectivity index (χ3v) is 3.07. The average Bonchev–Trinajstić information content (AvgIpc) is 2.47. The van der Waals surface area contributed by atoms with E-state index < -0.39 is 0 Å². The van der Waals surface area contributed by atoms with Gasteiger partial charge in [-0.05, 0) is 36.2 Å². The van der Waals surface area contributed by atoms with Crippen LogP contribution >= 0.6 is 0 Å². The Kier molecular flexibility index (Phi) is 4.29. The molecule has 2 rings (SSSR count). The van der Waals surface area contributed by atoms with Crippen LogP contribution in [0, 0.1) is 0 Å². The minimum absolute atomic E-state index is 0.00385. The molecule has 0 radical (unpaired) electrons. The van der Waals surface area contributed by atoms with Gasteiger partial charge in [-0.15, -0.1) is 0 Å². The Labute approximate surface area is 113 Å². The monoisotopic (exact) mass is 254 g/mol. The largest absolute Gasteiger partial charge is 0.311 e. The van der Waals surface area contributed by atoms with Gasteiger partial charge >= 0.3 is 0 Å². The molecule has 98 valence electrons. The number of amides is 1. The molecule has 1 aromatic carbocycles. The van der Waals surface area contributed by atoms with E-state index in [9.17, 15) is 4.79 Å². The zero-order valence-corrected chi connectivity index (χ0v) is 11.3. The first-order valence-electron chi connectivity index (χ1n) is 6.49. The van der Waals surface area contributed by atoms with Crippen molar-refractivity contribution in [2.75, 3.05) is 11.9 Å². The number of carbonyl (C=O) groups is 1. The van der Waals surface area contributed by atoms with Crippen LogP contribution in [0.1, 0.15) is 29.3 Å². The van der Waals surface area contributed by atoms with Crippen molar-refractivity contribution in [3.63, 3.8) is 0 Å². The highest BCUT2D eigenvalue weighted by molar-refractivity contribution is 6.05. The van der Waals surface area contributed by atoms with Crippen molar-refractivity contribution in [1.29, 1.82) is 0 Å². The summed E-state index contributed by atoms with van der Waals surface area (Å²) in [6.07, 6.45) is 5.46. The summed E-state index contributed by atoms with van der Waals surface area (Å²) < 4.78 is 0. The van der Waals surface area contributed by atoms with Crippen LogP contribution in [0.4, 0.5) is 5.69 Å². The van der Waals surface area contributed by atoms with Gasteiger partial charge in [0.25, 0.3) is 5.91 Å². The van der Waals surface area contributed by atoms with E-state index in [0.717, 1.165) is 24.1 Å². The predicted octanol–water partition coefficient (Wildman–Crippen LogP) is 3.31. The maximum atomic E-state index is 12.4. The first-order chi connectivity index (χ1) is 9.22. The summed E-state index contributed by atoms with van der Waals surface area (Å²) in [4.78, 5) is 18.0. The Bertz CT molecular complexity index is 552. The Morgan fingerprint density at radius 3 is 2.63 bits per heavy atom. The summed E-state index contributed by atoms with van der Waals surface area (Å²) in [6.45, 7) is 2.14. The molecule has 0 fully saturated rings. The second kappa shape index (κ2) is 6.14. The molecule has 0 spiro atoms. The molecule has 0 aliphatic heterocycles.